The summed E-state index contributed by atoms with van der Waals surface area (Å²) >= 11 is 0. The van der Waals surface area contributed by atoms with Gasteiger partial charge >= 0.3 is 0 Å². The van der Waals surface area contributed by atoms with Gasteiger partial charge in [-0.25, -0.2) is 0 Å². The fraction of sp³-hybridized carbons (Fsp3) is 0.190. The van der Waals surface area contributed by atoms with Crippen molar-refractivity contribution in [1.82, 2.24) is 5.32 Å². The number of amides is 1. The SMILES string of the molecule is C=CCOc1ccc(/C=C/C(=O)NC(C)c2ccccc2)cc1OC. The molecule has 1 amide bonds. The molecule has 0 radical (unpaired) electrons. The average molecular weight is 337 g/mol. The molecule has 0 aliphatic rings. The summed E-state index contributed by atoms with van der Waals surface area (Å²) in [6.45, 7) is 5.98. The molecule has 1 atom stereocenters. The second-order valence-corrected chi connectivity index (χ2v) is 5.48. The molecule has 0 fully saturated rings. The summed E-state index contributed by atoms with van der Waals surface area (Å²) in [5.41, 5.74) is 1.92. The van der Waals surface area contributed by atoms with Crippen LogP contribution in [0.2, 0.25) is 0 Å². The normalized spacial score (nSPS) is 11.8. The molecule has 1 unspecified atom stereocenters. The number of hydrogen-bond donors (Lipinski definition) is 1. The molecule has 0 saturated carbocycles. The maximum atomic E-state index is 12.1. The molecule has 0 spiro atoms. The van der Waals surface area contributed by atoms with Crippen LogP contribution in [0.1, 0.15) is 24.1 Å². The number of nitrogens with one attached hydrogen (secondary N) is 1. The topological polar surface area (TPSA) is 47.6 Å². The van der Waals surface area contributed by atoms with Crippen molar-refractivity contribution in [2.75, 3.05) is 13.7 Å². The predicted molar refractivity (Wildman–Crippen MR) is 101 cm³/mol. The Morgan fingerprint density at radius 2 is 1.96 bits per heavy atom. The summed E-state index contributed by atoms with van der Waals surface area (Å²) in [4.78, 5) is 12.1. The molecule has 2 aromatic rings. The molecule has 0 aromatic heterocycles. The lowest BCUT2D eigenvalue weighted by atomic mass is 10.1. The Morgan fingerprint density at radius 3 is 2.64 bits per heavy atom. The zero-order chi connectivity index (χ0) is 18.1. The van der Waals surface area contributed by atoms with Gasteiger partial charge in [0.1, 0.15) is 6.61 Å². The van der Waals surface area contributed by atoms with Crippen molar-refractivity contribution >= 4 is 12.0 Å². The molecule has 0 aliphatic carbocycles. The number of rotatable bonds is 8. The molecule has 2 aromatic carbocycles. The van der Waals surface area contributed by atoms with Gasteiger partial charge in [-0.2, -0.15) is 0 Å². The highest BCUT2D eigenvalue weighted by atomic mass is 16.5. The van der Waals surface area contributed by atoms with Crippen LogP contribution in [0.5, 0.6) is 11.5 Å². The second-order valence-electron chi connectivity index (χ2n) is 5.48. The highest BCUT2D eigenvalue weighted by molar-refractivity contribution is 5.92. The maximum Gasteiger partial charge on any atom is 0.244 e. The van der Waals surface area contributed by atoms with Gasteiger partial charge in [0.05, 0.1) is 13.2 Å². The summed E-state index contributed by atoms with van der Waals surface area (Å²) in [5.74, 6) is 1.10. The van der Waals surface area contributed by atoms with E-state index in [0.717, 1.165) is 11.1 Å². The number of carbonyl (C=O) groups is 1. The number of hydrogen-bond acceptors (Lipinski definition) is 3. The lowest BCUT2D eigenvalue weighted by Gasteiger charge is -2.12. The first-order valence-electron chi connectivity index (χ1n) is 8.09. The highest BCUT2D eigenvalue weighted by Crippen LogP contribution is 2.28. The molecule has 4 heteroatoms. The van der Waals surface area contributed by atoms with Crippen molar-refractivity contribution in [2.24, 2.45) is 0 Å². The predicted octanol–water partition coefficient (Wildman–Crippen LogP) is 4.15. The van der Waals surface area contributed by atoms with Crippen LogP contribution in [0, 0.1) is 0 Å². The first-order chi connectivity index (χ1) is 12.1. The Labute approximate surface area is 148 Å². The molecule has 2 rings (SSSR count). The van der Waals surface area contributed by atoms with Crippen LogP contribution < -0.4 is 14.8 Å². The van der Waals surface area contributed by atoms with Crippen molar-refractivity contribution < 1.29 is 14.3 Å². The van der Waals surface area contributed by atoms with Gasteiger partial charge in [0.15, 0.2) is 11.5 Å². The van der Waals surface area contributed by atoms with E-state index in [1.807, 2.05) is 55.5 Å². The minimum atomic E-state index is -0.151. The average Bonchev–Trinajstić information content (AvgIpc) is 2.65. The summed E-state index contributed by atoms with van der Waals surface area (Å²) in [7, 11) is 1.58. The molecular formula is C21H23NO3. The Hall–Kier alpha value is -3.01. The standard InChI is InChI=1S/C21H23NO3/c1-4-14-25-19-12-10-17(15-20(19)24-3)11-13-21(23)22-16(2)18-8-6-5-7-9-18/h4-13,15-16H,1,14H2,2-3H3,(H,22,23)/b13-11+. The zero-order valence-corrected chi connectivity index (χ0v) is 14.6. The number of ether oxygens (including phenoxy) is 2. The van der Waals surface area contributed by atoms with E-state index < -0.39 is 0 Å². The van der Waals surface area contributed by atoms with Crippen LogP contribution in [-0.4, -0.2) is 19.6 Å². The van der Waals surface area contributed by atoms with Gasteiger partial charge in [-0.05, 0) is 36.3 Å². The van der Waals surface area contributed by atoms with Crippen LogP contribution in [0.4, 0.5) is 0 Å². The van der Waals surface area contributed by atoms with E-state index in [2.05, 4.69) is 11.9 Å². The van der Waals surface area contributed by atoms with E-state index in [1.54, 1.807) is 19.3 Å². The Kier molecular flexibility index (Phi) is 6.84. The van der Waals surface area contributed by atoms with Gasteiger partial charge in [0.25, 0.3) is 0 Å². The molecule has 25 heavy (non-hydrogen) atoms. The maximum absolute atomic E-state index is 12.1. The summed E-state index contributed by atoms with van der Waals surface area (Å²) in [6, 6.07) is 15.3. The van der Waals surface area contributed by atoms with Gasteiger partial charge in [0, 0.05) is 6.08 Å². The largest absolute Gasteiger partial charge is 0.493 e. The van der Waals surface area contributed by atoms with E-state index in [4.69, 9.17) is 9.47 Å². The Bertz CT molecular complexity index is 738. The number of carbonyl (C=O) groups excluding carboxylic acids is 1. The zero-order valence-electron chi connectivity index (χ0n) is 14.6. The number of methoxy groups -OCH3 is 1. The van der Waals surface area contributed by atoms with Crippen molar-refractivity contribution in [3.05, 3.63) is 78.4 Å². The third-order valence-electron chi connectivity index (χ3n) is 3.63. The van der Waals surface area contributed by atoms with Crippen molar-refractivity contribution in [2.45, 2.75) is 13.0 Å². The van der Waals surface area contributed by atoms with Gasteiger partial charge in [-0.3, -0.25) is 4.79 Å². The molecule has 1 N–H and O–H groups in total. The third-order valence-corrected chi connectivity index (χ3v) is 3.63. The Morgan fingerprint density at radius 1 is 1.20 bits per heavy atom. The van der Waals surface area contributed by atoms with Gasteiger partial charge in [-0.15, -0.1) is 0 Å². The first kappa shape index (κ1) is 18.3. The van der Waals surface area contributed by atoms with Crippen LogP contribution in [0.3, 0.4) is 0 Å². The van der Waals surface area contributed by atoms with Crippen LogP contribution >= 0.6 is 0 Å². The Balaban J connectivity index is 2.00. The van der Waals surface area contributed by atoms with Gasteiger partial charge in [-0.1, -0.05) is 49.1 Å². The van der Waals surface area contributed by atoms with Crippen LogP contribution in [0.15, 0.2) is 67.3 Å². The van der Waals surface area contributed by atoms with Crippen LogP contribution in [0.25, 0.3) is 6.08 Å². The van der Waals surface area contributed by atoms with E-state index >= 15 is 0 Å². The van der Waals surface area contributed by atoms with E-state index in [0.29, 0.717) is 18.1 Å². The summed E-state index contributed by atoms with van der Waals surface area (Å²) in [5, 5.41) is 2.94. The minimum Gasteiger partial charge on any atom is -0.493 e. The van der Waals surface area contributed by atoms with Crippen molar-refractivity contribution in [1.29, 1.82) is 0 Å². The molecular weight excluding hydrogens is 314 g/mol. The van der Waals surface area contributed by atoms with E-state index in [9.17, 15) is 4.79 Å². The van der Waals surface area contributed by atoms with Crippen molar-refractivity contribution in [3.63, 3.8) is 0 Å². The fourth-order valence-electron chi connectivity index (χ4n) is 2.31. The number of benzene rings is 2. The first-order valence-corrected chi connectivity index (χ1v) is 8.09. The molecule has 0 bridgehead atoms. The van der Waals surface area contributed by atoms with Gasteiger partial charge in [0.2, 0.25) is 5.91 Å². The quantitative estimate of drug-likeness (QED) is 0.581. The molecule has 0 heterocycles. The van der Waals surface area contributed by atoms with Gasteiger partial charge < -0.3 is 14.8 Å². The van der Waals surface area contributed by atoms with E-state index in [1.165, 1.54) is 6.08 Å². The van der Waals surface area contributed by atoms with Crippen LogP contribution in [-0.2, 0) is 4.79 Å². The summed E-state index contributed by atoms with van der Waals surface area (Å²) < 4.78 is 10.8. The van der Waals surface area contributed by atoms with E-state index in [-0.39, 0.29) is 11.9 Å². The molecule has 0 aliphatic heterocycles. The van der Waals surface area contributed by atoms with Crippen molar-refractivity contribution in [3.8, 4) is 11.5 Å². The lowest BCUT2D eigenvalue weighted by molar-refractivity contribution is -0.117. The monoisotopic (exact) mass is 337 g/mol. The third kappa shape index (κ3) is 5.53. The smallest absolute Gasteiger partial charge is 0.244 e. The minimum absolute atomic E-state index is 0.0532. The second kappa shape index (κ2) is 9.33. The summed E-state index contributed by atoms with van der Waals surface area (Å²) in [6.07, 6.45) is 4.93. The highest BCUT2D eigenvalue weighted by Gasteiger charge is 2.07. The molecule has 4 nitrogen and oxygen atoms in total. The fourth-order valence-corrected chi connectivity index (χ4v) is 2.31. The molecule has 130 valence electrons. The molecule has 0 saturated heterocycles. The lowest BCUT2D eigenvalue weighted by Crippen LogP contribution is -2.24.